The molecule has 0 spiro atoms. The first-order chi connectivity index (χ1) is 25.0. The Hall–Kier alpha value is -4.51. The van der Waals surface area contributed by atoms with Crippen LogP contribution in [-0.4, -0.2) is 134 Å². The van der Waals surface area contributed by atoms with Gasteiger partial charge in [0.15, 0.2) is 0 Å². The van der Waals surface area contributed by atoms with Gasteiger partial charge in [0.1, 0.15) is 17.0 Å². The summed E-state index contributed by atoms with van der Waals surface area (Å²) in [5.74, 6) is -1.08. The molecule has 0 fully saturated rings. The molecule has 15 nitrogen and oxygen atoms in total. The number of ether oxygens (including phenoxy) is 5. The fourth-order valence-corrected chi connectivity index (χ4v) is 5.18. The number of hydrogen-bond acceptors (Lipinski definition) is 14. The van der Waals surface area contributed by atoms with Crippen molar-refractivity contribution < 1.29 is 48.3 Å². The monoisotopic (exact) mass is 725 g/mol. The topological polar surface area (TPSA) is 182 Å². The van der Waals surface area contributed by atoms with E-state index in [0.717, 1.165) is 5.56 Å². The molecule has 3 N–H and O–H groups in total. The summed E-state index contributed by atoms with van der Waals surface area (Å²) in [6, 6.07) is 16.9. The van der Waals surface area contributed by atoms with Crippen LogP contribution in [0.15, 0.2) is 60.7 Å². The molecular formula is C37H51N5O10. The van der Waals surface area contributed by atoms with Crippen LogP contribution in [0.5, 0.6) is 0 Å². The number of methoxy groups -OCH3 is 2. The van der Waals surface area contributed by atoms with Gasteiger partial charge in [-0.2, -0.15) is 0 Å². The van der Waals surface area contributed by atoms with Gasteiger partial charge < -0.3 is 33.9 Å². The third kappa shape index (κ3) is 14.3. The van der Waals surface area contributed by atoms with E-state index in [0.29, 0.717) is 69.7 Å². The van der Waals surface area contributed by atoms with E-state index in [1.54, 1.807) is 69.3 Å². The molecule has 3 aromatic rings. The third-order valence-corrected chi connectivity index (χ3v) is 7.52. The lowest BCUT2D eigenvalue weighted by Gasteiger charge is -2.31. The molecule has 15 heteroatoms. The third-order valence-electron chi connectivity index (χ3n) is 7.52. The normalized spacial score (nSPS) is 12.1. The number of nitrogens with zero attached hydrogens (tertiary/aromatic N) is 4. The SMILES string of the molecule is COC(=O)c1cccc(CN(CCO)CCOCCOCCN(CCO)C(c2ccc(NC(=O)OC(C)(C)C)cc2)c2cccc(C(=O)OC)n2)n1. The largest absolute Gasteiger partial charge is 0.464 e. The average molecular weight is 726 g/mol. The minimum absolute atomic E-state index is 0.0409. The van der Waals surface area contributed by atoms with E-state index >= 15 is 0 Å². The molecule has 52 heavy (non-hydrogen) atoms. The van der Waals surface area contributed by atoms with Crippen molar-refractivity contribution in [3.8, 4) is 0 Å². The van der Waals surface area contributed by atoms with E-state index in [2.05, 4.69) is 15.3 Å². The van der Waals surface area contributed by atoms with Gasteiger partial charge in [-0.25, -0.2) is 24.4 Å². The number of hydrogen-bond donors (Lipinski definition) is 3. The number of pyridine rings is 2. The summed E-state index contributed by atoms with van der Waals surface area (Å²) in [6.45, 7) is 8.59. The highest BCUT2D eigenvalue weighted by Crippen LogP contribution is 2.29. The predicted molar refractivity (Wildman–Crippen MR) is 192 cm³/mol. The number of esters is 2. The number of nitrogens with one attached hydrogen (secondary N) is 1. The first-order valence-corrected chi connectivity index (χ1v) is 17.0. The Bertz CT molecular complexity index is 1550. The molecule has 0 bridgehead atoms. The maximum absolute atomic E-state index is 12.3. The molecule has 2 aromatic heterocycles. The van der Waals surface area contributed by atoms with E-state index in [1.165, 1.54) is 14.2 Å². The molecular weight excluding hydrogens is 674 g/mol. The van der Waals surface area contributed by atoms with Crippen molar-refractivity contribution in [2.45, 2.75) is 39.0 Å². The summed E-state index contributed by atoms with van der Waals surface area (Å²) < 4.78 is 26.7. The van der Waals surface area contributed by atoms with Crippen molar-refractivity contribution in [1.82, 2.24) is 19.8 Å². The number of aromatic nitrogens is 2. The minimum Gasteiger partial charge on any atom is -0.464 e. The number of carbonyl (C=O) groups excluding carboxylic acids is 3. The van der Waals surface area contributed by atoms with Crippen LogP contribution in [0.1, 0.15) is 64.7 Å². The molecule has 1 atom stereocenters. The standard InChI is InChI=1S/C37H51N5O10/c1-37(2,3)52-36(47)39-28-14-12-27(13-15-28)33(30-9-7-11-32(40-30)35(46)49-5)42(17-21-44)19-23-51-25-24-50-22-18-41(16-20-43)26-29-8-6-10-31(38-29)34(45)48-4/h6-15,33,43-44H,16-26H2,1-5H3,(H,39,47). The second kappa shape index (κ2) is 21.8. The van der Waals surface area contributed by atoms with Crippen molar-refractivity contribution in [1.29, 1.82) is 0 Å². The van der Waals surface area contributed by atoms with Crippen LogP contribution in [0, 0.1) is 0 Å². The van der Waals surface area contributed by atoms with Crippen LogP contribution in [-0.2, 0) is 30.2 Å². The van der Waals surface area contributed by atoms with Gasteiger partial charge in [0, 0.05) is 38.4 Å². The lowest BCUT2D eigenvalue weighted by Crippen LogP contribution is -2.36. The first-order valence-electron chi connectivity index (χ1n) is 17.0. The lowest BCUT2D eigenvalue weighted by molar-refractivity contribution is 0.0245. The van der Waals surface area contributed by atoms with Gasteiger partial charge in [-0.15, -0.1) is 0 Å². The molecule has 284 valence electrons. The molecule has 2 heterocycles. The van der Waals surface area contributed by atoms with E-state index in [4.69, 9.17) is 23.7 Å². The maximum atomic E-state index is 12.3. The number of rotatable bonds is 21. The van der Waals surface area contributed by atoms with Crippen LogP contribution in [0.3, 0.4) is 0 Å². The summed E-state index contributed by atoms with van der Waals surface area (Å²) in [5.41, 5.74) is 2.30. The molecule has 0 aliphatic carbocycles. The van der Waals surface area contributed by atoms with Gasteiger partial charge in [-0.05, 0) is 62.7 Å². The van der Waals surface area contributed by atoms with Crippen LogP contribution in [0.2, 0.25) is 0 Å². The fourth-order valence-electron chi connectivity index (χ4n) is 5.18. The Morgan fingerprint density at radius 3 is 1.94 bits per heavy atom. The van der Waals surface area contributed by atoms with E-state index in [9.17, 15) is 24.6 Å². The van der Waals surface area contributed by atoms with Gasteiger partial charge in [-0.1, -0.05) is 24.3 Å². The summed E-state index contributed by atoms with van der Waals surface area (Å²) >= 11 is 0. The molecule has 0 radical (unpaired) electrons. The number of anilines is 1. The molecule has 1 amide bonds. The average Bonchev–Trinajstić information content (AvgIpc) is 3.12. The molecule has 3 rings (SSSR count). The highest BCUT2D eigenvalue weighted by molar-refractivity contribution is 5.87. The lowest BCUT2D eigenvalue weighted by atomic mass is 10.00. The van der Waals surface area contributed by atoms with Gasteiger partial charge in [-0.3, -0.25) is 15.1 Å². The van der Waals surface area contributed by atoms with Crippen molar-refractivity contribution in [3.63, 3.8) is 0 Å². The highest BCUT2D eigenvalue weighted by Gasteiger charge is 2.25. The molecule has 1 aromatic carbocycles. The van der Waals surface area contributed by atoms with Gasteiger partial charge in [0.05, 0.1) is 71.3 Å². The predicted octanol–water partition coefficient (Wildman–Crippen LogP) is 3.31. The Balaban J connectivity index is 1.60. The van der Waals surface area contributed by atoms with Gasteiger partial charge in [0.25, 0.3) is 0 Å². The number of amides is 1. The Kier molecular flexibility index (Phi) is 17.5. The number of aliphatic hydroxyl groups excluding tert-OH is 2. The zero-order valence-corrected chi connectivity index (χ0v) is 30.6. The van der Waals surface area contributed by atoms with Crippen molar-refractivity contribution in [3.05, 3.63) is 89.0 Å². The summed E-state index contributed by atoms with van der Waals surface area (Å²) in [5, 5.41) is 22.3. The second-order valence-corrected chi connectivity index (χ2v) is 12.6. The molecule has 0 aliphatic rings. The Morgan fingerprint density at radius 1 is 0.750 bits per heavy atom. The summed E-state index contributed by atoms with van der Waals surface area (Å²) in [7, 11) is 2.60. The van der Waals surface area contributed by atoms with E-state index in [1.807, 2.05) is 21.9 Å². The zero-order valence-electron chi connectivity index (χ0n) is 30.6. The first kappa shape index (κ1) is 41.9. The van der Waals surface area contributed by atoms with Crippen molar-refractivity contribution in [2.24, 2.45) is 0 Å². The second-order valence-electron chi connectivity index (χ2n) is 12.6. The minimum atomic E-state index is -0.647. The number of carbonyl (C=O) groups is 3. The fraction of sp³-hybridized carbons (Fsp3) is 0.486. The van der Waals surface area contributed by atoms with Crippen molar-refractivity contribution >= 4 is 23.7 Å². The smallest absolute Gasteiger partial charge is 0.412 e. The molecule has 0 saturated heterocycles. The van der Waals surface area contributed by atoms with Gasteiger partial charge >= 0.3 is 18.0 Å². The zero-order chi connectivity index (χ0) is 37.9. The van der Waals surface area contributed by atoms with Crippen LogP contribution in [0.4, 0.5) is 10.5 Å². The van der Waals surface area contributed by atoms with Crippen LogP contribution >= 0.6 is 0 Å². The quantitative estimate of drug-likeness (QED) is 0.0826. The maximum Gasteiger partial charge on any atom is 0.412 e. The molecule has 1 unspecified atom stereocenters. The summed E-state index contributed by atoms with van der Waals surface area (Å²) in [6.07, 6.45) is -0.574. The molecule has 0 saturated carbocycles. The van der Waals surface area contributed by atoms with Crippen molar-refractivity contribution in [2.75, 3.05) is 85.4 Å². The number of aliphatic hydroxyl groups is 2. The Morgan fingerprint density at radius 2 is 1.35 bits per heavy atom. The summed E-state index contributed by atoms with van der Waals surface area (Å²) in [4.78, 5) is 49.4. The number of benzene rings is 1. The highest BCUT2D eigenvalue weighted by atomic mass is 16.6. The van der Waals surface area contributed by atoms with Gasteiger partial charge in [0.2, 0.25) is 0 Å². The van der Waals surface area contributed by atoms with E-state index < -0.39 is 29.7 Å². The van der Waals surface area contributed by atoms with Crippen LogP contribution < -0.4 is 5.32 Å². The van der Waals surface area contributed by atoms with Crippen LogP contribution in [0.25, 0.3) is 0 Å². The van der Waals surface area contributed by atoms with E-state index in [-0.39, 0.29) is 31.1 Å². The molecule has 0 aliphatic heterocycles. The Labute approximate surface area is 304 Å².